The van der Waals surface area contributed by atoms with E-state index in [4.69, 9.17) is 10.2 Å². The van der Waals surface area contributed by atoms with Crippen LogP contribution < -0.4 is 10.6 Å². The molecule has 3 heterocycles. The Morgan fingerprint density at radius 1 is 0.837 bits per heavy atom. The summed E-state index contributed by atoms with van der Waals surface area (Å²) in [6.45, 7) is 4.67. The minimum atomic E-state index is -0.587. The second kappa shape index (κ2) is 14.0. The number of hydrogen-bond acceptors (Lipinski definition) is 6. The summed E-state index contributed by atoms with van der Waals surface area (Å²) >= 11 is 6.92. The molecule has 10 heteroatoms. The Balaban J connectivity index is 0.993. The number of carbonyl (C=O) groups is 2. The molecule has 0 radical (unpaired) electrons. The number of fused-ring (bicyclic) bond motifs is 2. The van der Waals surface area contributed by atoms with Crippen molar-refractivity contribution in [2.24, 2.45) is 5.73 Å². The van der Waals surface area contributed by atoms with E-state index in [1.165, 1.54) is 0 Å². The van der Waals surface area contributed by atoms with Gasteiger partial charge >= 0.3 is 0 Å². The largest absolute Gasteiger partial charge is 0.450 e. The quantitative estimate of drug-likeness (QED) is 0.148. The smallest absolute Gasteiger partial charge is 0.285 e. The van der Waals surface area contributed by atoms with Gasteiger partial charge in [0.05, 0.1) is 17.1 Å². The van der Waals surface area contributed by atoms with Gasteiger partial charge in [-0.25, -0.2) is 0 Å². The van der Waals surface area contributed by atoms with Crippen LogP contribution in [0.4, 0.5) is 5.69 Å². The number of halogens is 2. The van der Waals surface area contributed by atoms with Crippen LogP contribution in [0.15, 0.2) is 104 Å². The van der Waals surface area contributed by atoms with Gasteiger partial charge in [-0.05, 0) is 110 Å². The highest BCUT2D eigenvalue weighted by molar-refractivity contribution is 9.10. The maximum atomic E-state index is 13.4. The van der Waals surface area contributed by atoms with Crippen molar-refractivity contribution in [1.29, 1.82) is 5.26 Å². The molecule has 1 amide bonds. The highest BCUT2D eigenvalue weighted by Gasteiger charge is 2.23. The summed E-state index contributed by atoms with van der Waals surface area (Å²) in [5.41, 5.74) is 12.1. The number of primary amides is 1. The average molecular weight is 780 g/mol. The highest BCUT2D eigenvalue weighted by atomic mass is 79.9. The zero-order valence-corrected chi connectivity index (χ0v) is 29.8. The van der Waals surface area contributed by atoms with Crippen LogP contribution in [0.1, 0.15) is 44.9 Å². The van der Waals surface area contributed by atoms with Gasteiger partial charge in [0, 0.05) is 68.9 Å². The third-order valence-electron chi connectivity index (χ3n) is 9.26. The molecule has 0 bridgehead atoms. The van der Waals surface area contributed by atoms with Crippen molar-refractivity contribution in [3.8, 4) is 17.2 Å². The number of aromatic nitrogens is 1. The van der Waals surface area contributed by atoms with Crippen LogP contribution in [0.2, 0.25) is 0 Å². The summed E-state index contributed by atoms with van der Waals surface area (Å²) in [4.78, 5) is 30.6. The molecule has 2 aromatic heterocycles. The Morgan fingerprint density at radius 2 is 1.55 bits per heavy atom. The van der Waals surface area contributed by atoms with Gasteiger partial charge in [0.1, 0.15) is 5.58 Å². The summed E-state index contributed by atoms with van der Waals surface area (Å²) in [7, 11) is 0. The van der Waals surface area contributed by atoms with E-state index in [1.807, 2.05) is 79.0 Å². The predicted molar refractivity (Wildman–Crippen MR) is 200 cm³/mol. The number of furan rings is 1. The minimum absolute atomic E-state index is 0.0870. The van der Waals surface area contributed by atoms with Gasteiger partial charge in [0.2, 0.25) is 0 Å². The Bertz CT molecular complexity index is 2220. The van der Waals surface area contributed by atoms with Gasteiger partial charge in [-0.2, -0.15) is 5.26 Å². The first kappa shape index (κ1) is 32.8. The fraction of sp³-hybridized carbons (Fsp3) is 0.205. The fourth-order valence-electron chi connectivity index (χ4n) is 6.71. The number of hydrogen-bond donors (Lipinski definition) is 1. The first-order valence-electron chi connectivity index (χ1n) is 16.2. The van der Waals surface area contributed by atoms with Crippen molar-refractivity contribution in [3.63, 3.8) is 0 Å². The molecule has 49 heavy (non-hydrogen) atoms. The predicted octanol–water partition coefficient (Wildman–Crippen LogP) is 8.38. The van der Waals surface area contributed by atoms with Gasteiger partial charge in [-0.15, -0.1) is 0 Å². The number of aryl methyl sites for hydroxylation is 1. The summed E-state index contributed by atoms with van der Waals surface area (Å²) in [5, 5.41) is 11.4. The van der Waals surface area contributed by atoms with Gasteiger partial charge in [0.15, 0.2) is 5.76 Å². The maximum absolute atomic E-state index is 13.4. The fourth-order valence-corrected chi connectivity index (χ4v) is 7.23. The van der Waals surface area contributed by atoms with Crippen LogP contribution in [0.3, 0.4) is 0 Å². The Hall–Kier alpha value is -4.69. The molecule has 7 rings (SSSR count). The second-order valence-electron chi connectivity index (χ2n) is 12.3. The van der Waals surface area contributed by atoms with Crippen molar-refractivity contribution in [1.82, 2.24) is 9.47 Å². The molecule has 0 spiro atoms. The van der Waals surface area contributed by atoms with Gasteiger partial charge in [0.25, 0.3) is 11.8 Å². The lowest BCUT2D eigenvalue weighted by molar-refractivity contribution is 0.0961. The third-order valence-corrected chi connectivity index (χ3v) is 10.3. The SMILES string of the molecule is N#Cc1ccc2c(c1)c(CCCCN1CCN(c3ccc4oc(C(N)=O)c(-c5ccc(Br)cc5)c4c3)CC1)cn2C(=O)c1ccc(Br)cc1. The molecule has 2 N–H and O–H groups in total. The molecule has 8 nitrogen and oxygen atoms in total. The molecule has 4 aromatic carbocycles. The van der Waals surface area contributed by atoms with Crippen LogP contribution in [0.5, 0.6) is 0 Å². The number of nitrogens with zero attached hydrogens (tertiary/aromatic N) is 4. The lowest BCUT2D eigenvalue weighted by Gasteiger charge is -2.36. The molecule has 1 aliphatic heterocycles. The van der Waals surface area contributed by atoms with Crippen LogP contribution in [-0.2, 0) is 6.42 Å². The van der Waals surface area contributed by atoms with Gasteiger partial charge in [-0.3, -0.25) is 19.1 Å². The summed E-state index contributed by atoms with van der Waals surface area (Å²) in [6, 6.07) is 29.0. The molecule has 246 valence electrons. The van der Waals surface area contributed by atoms with Gasteiger partial charge in [-0.1, -0.05) is 44.0 Å². The Kier molecular flexibility index (Phi) is 9.41. The van der Waals surface area contributed by atoms with E-state index in [9.17, 15) is 14.9 Å². The molecule has 1 saturated heterocycles. The van der Waals surface area contributed by atoms with E-state index in [0.29, 0.717) is 16.7 Å². The average Bonchev–Trinajstić information content (AvgIpc) is 3.69. The third kappa shape index (κ3) is 6.79. The number of piperazine rings is 1. The lowest BCUT2D eigenvalue weighted by atomic mass is 10.0. The summed E-state index contributed by atoms with van der Waals surface area (Å²) in [5.74, 6) is -0.502. The van der Waals surface area contributed by atoms with Crippen molar-refractivity contribution in [2.75, 3.05) is 37.6 Å². The molecule has 0 unspecified atom stereocenters. The number of nitrogens with two attached hydrogens (primary N) is 1. The first-order chi connectivity index (χ1) is 23.8. The highest BCUT2D eigenvalue weighted by Crippen LogP contribution is 2.37. The maximum Gasteiger partial charge on any atom is 0.285 e. The van der Waals surface area contributed by atoms with Crippen LogP contribution >= 0.6 is 31.9 Å². The standard InChI is InChI=1S/C39H33Br2N5O3/c40-29-9-5-26(6-10-29)36-33-22-31(13-15-35(33)49-37(36)38(43)47)45-19-17-44(18-20-45)16-2-1-3-28-24-46(34-14-4-25(23-42)21-32(28)34)39(48)27-7-11-30(41)12-8-27/h4-15,21-22,24H,1-3,16-20H2,(H2,43,47). The Morgan fingerprint density at radius 3 is 2.24 bits per heavy atom. The van der Waals surface area contributed by atoms with Crippen molar-refractivity contribution < 1.29 is 14.0 Å². The van der Waals surface area contributed by atoms with E-state index < -0.39 is 5.91 Å². The minimum Gasteiger partial charge on any atom is -0.450 e. The molecular formula is C39H33Br2N5O3. The van der Waals surface area contributed by atoms with Gasteiger partial charge < -0.3 is 15.1 Å². The molecule has 1 aliphatic rings. The zero-order chi connectivity index (χ0) is 34.1. The van der Waals surface area contributed by atoms with Crippen molar-refractivity contribution >= 4 is 71.2 Å². The number of amides is 1. The number of unbranched alkanes of at least 4 members (excludes halogenated alkanes) is 1. The zero-order valence-electron chi connectivity index (χ0n) is 26.7. The molecular weight excluding hydrogens is 746 g/mol. The summed E-state index contributed by atoms with van der Waals surface area (Å²) < 4.78 is 9.50. The Labute approximate surface area is 300 Å². The number of carbonyl (C=O) groups excluding carboxylic acids is 2. The molecule has 0 atom stereocenters. The van der Waals surface area contributed by atoms with E-state index in [0.717, 1.165) is 99.6 Å². The molecule has 6 aromatic rings. The van der Waals surface area contributed by atoms with E-state index in [2.05, 4.69) is 53.8 Å². The first-order valence-corrected chi connectivity index (χ1v) is 17.8. The van der Waals surface area contributed by atoms with Crippen molar-refractivity contribution in [3.05, 3.63) is 123 Å². The van der Waals surface area contributed by atoms with Crippen LogP contribution in [-0.4, -0.2) is 54.0 Å². The molecule has 0 aliphatic carbocycles. The van der Waals surface area contributed by atoms with Crippen LogP contribution in [0.25, 0.3) is 33.0 Å². The number of nitriles is 1. The monoisotopic (exact) mass is 777 g/mol. The summed E-state index contributed by atoms with van der Waals surface area (Å²) in [6.07, 6.45) is 4.77. The van der Waals surface area contributed by atoms with E-state index in [-0.39, 0.29) is 11.7 Å². The second-order valence-corrected chi connectivity index (χ2v) is 14.2. The topological polar surface area (TPSA) is 108 Å². The molecule has 1 fully saturated rings. The lowest BCUT2D eigenvalue weighted by Crippen LogP contribution is -2.46. The number of benzene rings is 4. The number of rotatable bonds is 9. The van der Waals surface area contributed by atoms with E-state index >= 15 is 0 Å². The van der Waals surface area contributed by atoms with Crippen LogP contribution in [0, 0.1) is 11.3 Å². The molecule has 0 saturated carbocycles. The van der Waals surface area contributed by atoms with Crippen molar-refractivity contribution in [2.45, 2.75) is 19.3 Å². The van der Waals surface area contributed by atoms with E-state index in [1.54, 1.807) is 10.6 Å². The number of anilines is 1. The normalized spacial score (nSPS) is 13.6.